The summed E-state index contributed by atoms with van der Waals surface area (Å²) in [4.78, 5) is 1.23. The molecule has 1 aromatic heterocycles. The van der Waals surface area contributed by atoms with Crippen LogP contribution in [0, 0.1) is 12.7 Å². The van der Waals surface area contributed by atoms with Crippen molar-refractivity contribution in [2.24, 2.45) is 0 Å². The molecule has 0 aliphatic heterocycles. The number of hydrogen-bond donors (Lipinski definition) is 1. The van der Waals surface area contributed by atoms with Gasteiger partial charge in [0.1, 0.15) is 5.82 Å². The summed E-state index contributed by atoms with van der Waals surface area (Å²) in [5.41, 5.74) is 1.81. The number of aryl methyl sites for hydroxylation is 1. The third-order valence-electron chi connectivity index (χ3n) is 2.96. The molecule has 18 heavy (non-hydrogen) atoms. The van der Waals surface area contributed by atoms with E-state index in [-0.39, 0.29) is 11.9 Å². The van der Waals surface area contributed by atoms with Crippen LogP contribution in [-0.2, 0) is 6.42 Å². The number of hydrogen-bond acceptors (Lipinski definition) is 2. The molecule has 1 nitrogen and oxygen atoms in total. The van der Waals surface area contributed by atoms with Crippen LogP contribution in [0.2, 0.25) is 0 Å². The van der Waals surface area contributed by atoms with E-state index in [1.165, 1.54) is 4.88 Å². The molecule has 4 heteroatoms. The summed E-state index contributed by atoms with van der Waals surface area (Å²) in [5.74, 6) is -0.146. The minimum Gasteiger partial charge on any atom is -0.313 e. The van der Waals surface area contributed by atoms with E-state index < -0.39 is 0 Å². The predicted octanol–water partition coefficient (Wildman–Crippen LogP) is 4.46. The molecular formula is C14H15BrFNS. The van der Waals surface area contributed by atoms with Gasteiger partial charge in [0.05, 0.1) is 0 Å². The maximum atomic E-state index is 13.9. The zero-order chi connectivity index (χ0) is 13.1. The van der Waals surface area contributed by atoms with Gasteiger partial charge in [0.15, 0.2) is 0 Å². The molecule has 1 atom stereocenters. The van der Waals surface area contributed by atoms with Crippen LogP contribution in [0.3, 0.4) is 0 Å². The van der Waals surface area contributed by atoms with E-state index in [1.807, 2.05) is 31.5 Å². The Balaban J connectivity index is 2.28. The molecule has 1 N–H and O–H groups in total. The fourth-order valence-electron chi connectivity index (χ4n) is 1.95. The molecule has 1 unspecified atom stereocenters. The van der Waals surface area contributed by atoms with Gasteiger partial charge in [0, 0.05) is 27.4 Å². The van der Waals surface area contributed by atoms with Gasteiger partial charge in [0.2, 0.25) is 0 Å². The minimum atomic E-state index is -0.146. The van der Waals surface area contributed by atoms with Crippen LogP contribution in [0.15, 0.2) is 34.1 Å². The molecule has 2 aromatic rings. The average Bonchev–Trinajstić information content (AvgIpc) is 2.75. The van der Waals surface area contributed by atoms with Gasteiger partial charge in [-0.1, -0.05) is 17.7 Å². The van der Waals surface area contributed by atoms with Crippen molar-refractivity contribution in [1.82, 2.24) is 5.32 Å². The van der Waals surface area contributed by atoms with Crippen molar-refractivity contribution in [1.29, 1.82) is 0 Å². The highest BCUT2D eigenvalue weighted by Crippen LogP contribution is 2.29. The minimum absolute atomic E-state index is 0.000139. The molecule has 0 aliphatic rings. The molecule has 0 radical (unpaired) electrons. The van der Waals surface area contributed by atoms with Crippen molar-refractivity contribution < 1.29 is 4.39 Å². The monoisotopic (exact) mass is 327 g/mol. The molecule has 0 amide bonds. The van der Waals surface area contributed by atoms with E-state index in [9.17, 15) is 4.39 Å². The molecule has 0 fully saturated rings. The SMILES string of the molecule is CNC(Cc1sccc1Br)c1cc(C)ccc1F. The molecule has 96 valence electrons. The molecular weight excluding hydrogens is 313 g/mol. The van der Waals surface area contributed by atoms with Crippen LogP contribution in [0.5, 0.6) is 0 Å². The lowest BCUT2D eigenvalue weighted by atomic mass is 10.0. The van der Waals surface area contributed by atoms with Gasteiger partial charge < -0.3 is 5.32 Å². The predicted molar refractivity (Wildman–Crippen MR) is 78.7 cm³/mol. The Bertz CT molecular complexity index is 538. The van der Waals surface area contributed by atoms with Crippen molar-refractivity contribution in [2.75, 3.05) is 7.05 Å². The highest BCUT2D eigenvalue weighted by molar-refractivity contribution is 9.10. The molecule has 1 heterocycles. The van der Waals surface area contributed by atoms with E-state index in [0.717, 1.165) is 22.0 Å². The van der Waals surface area contributed by atoms with E-state index in [4.69, 9.17) is 0 Å². The molecule has 0 saturated carbocycles. The van der Waals surface area contributed by atoms with Gasteiger partial charge in [-0.25, -0.2) is 4.39 Å². The van der Waals surface area contributed by atoms with E-state index in [2.05, 4.69) is 21.2 Å². The maximum Gasteiger partial charge on any atom is 0.128 e. The van der Waals surface area contributed by atoms with Crippen LogP contribution < -0.4 is 5.32 Å². The number of benzene rings is 1. The van der Waals surface area contributed by atoms with Crippen LogP contribution in [0.25, 0.3) is 0 Å². The molecule has 0 spiro atoms. The third-order valence-corrected chi connectivity index (χ3v) is 4.90. The Kier molecular flexibility index (Phi) is 4.54. The summed E-state index contributed by atoms with van der Waals surface area (Å²) in [6.07, 6.45) is 0.787. The second-order valence-corrected chi connectivity index (χ2v) is 6.12. The third kappa shape index (κ3) is 2.99. The highest BCUT2D eigenvalue weighted by Gasteiger charge is 2.16. The van der Waals surface area contributed by atoms with Crippen molar-refractivity contribution in [3.8, 4) is 0 Å². The van der Waals surface area contributed by atoms with Gasteiger partial charge in [-0.3, -0.25) is 0 Å². The molecule has 1 aromatic carbocycles. The van der Waals surface area contributed by atoms with Crippen LogP contribution in [0.1, 0.15) is 22.0 Å². The van der Waals surface area contributed by atoms with Crippen molar-refractivity contribution in [3.05, 3.63) is 55.9 Å². The van der Waals surface area contributed by atoms with E-state index in [0.29, 0.717) is 0 Å². The quantitative estimate of drug-likeness (QED) is 0.874. The zero-order valence-corrected chi connectivity index (χ0v) is 12.7. The van der Waals surface area contributed by atoms with Crippen molar-refractivity contribution in [2.45, 2.75) is 19.4 Å². The lowest BCUT2D eigenvalue weighted by molar-refractivity contribution is 0.535. The van der Waals surface area contributed by atoms with Gasteiger partial charge >= 0.3 is 0 Å². The Labute approximate surface area is 119 Å². The number of thiophene rings is 1. The topological polar surface area (TPSA) is 12.0 Å². The molecule has 0 saturated heterocycles. The summed E-state index contributed by atoms with van der Waals surface area (Å²) in [6.45, 7) is 1.98. The maximum absolute atomic E-state index is 13.9. The number of nitrogens with one attached hydrogen (secondary N) is 1. The number of halogens is 2. The van der Waals surface area contributed by atoms with Crippen LogP contribution >= 0.6 is 27.3 Å². The summed E-state index contributed by atoms with van der Waals surface area (Å²) < 4.78 is 15.0. The lowest BCUT2D eigenvalue weighted by Crippen LogP contribution is -2.20. The van der Waals surface area contributed by atoms with Crippen molar-refractivity contribution >= 4 is 27.3 Å². The largest absolute Gasteiger partial charge is 0.313 e. The van der Waals surface area contributed by atoms with Crippen LogP contribution in [0.4, 0.5) is 4.39 Å². The first kappa shape index (κ1) is 13.7. The smallest absolute Gasteiger partial charge is 0.128 e. The lowest BCUT2D eigenvalue weighted by Gasteiger charge is -2.17. The van der Waals surface area contributed by atoms with E-state index in [1.54, 1.807) is 23.5 Å². The Morgan fingerprint density at radius 1 is 1.39 bits per heavy atom. The molecule has 0 aliphatic carbocycles. The Hall–Kier alpha value is -0.710. The number of rotatable bonds is 4. The second-order valence-electron chi connectivity index (χ2n) is 4.26. The van der Waals surface area contributed by atoms with E-state index >= 15 is 0 Å². The van der Waals surface area contributed by atoms with Gasteiger partial charge in [0.25, 0.3) is 0 Å². The Morgan fingerprint density at radius 2 is 2.17 bits per heavy atom. The van der Waals surface area contributed by atoms with Gasteiger partial charge in [-0.2, -0.15) is 0 Å². The summed E-state index contributed by atoms with van der Waals surface area (Å²) in [6, 6.07) is 7.28. The zero-order valence-electron chi connectivity index (χ0n) is 10.3. The standard InChI is InChI=1S/C14H15BrFNS/c1-9-3-4-12(16)10(7-9)13(17-2)8-14-11(15)5-6-18-14/h3-7,13,17H,8H2,1-2H3. The van der Waals surface area contributed by atoms with Crippen molar-refractivity contribution in [3.63, 3.8) is 0 Å². The van der Waals surface area contributed by atoms with Crippen LogP contribution in [-0.4, -0.2) is 7.05 Å². The summed E-state index contributed by atoms with van der Waals surface area (Å²) in [5, 5.41) is 5.24. The second kappa shape index (κ2) is 5.95. The molecule has 2 rings (SSSR count). The summed E-state index contributed by atoms with van der Waals surface area (Å²) >= 11 is 5.21. The fourth-order valence-corrected chi connectivity index (χ4v) is 3.52. The first-order valence-electron chi connectivity index (χ1n) is 5.77. The number of likely N-dealkylation sites (N-methyl/N-ethyl adjacent to an activating group) is 1. The normalized spacial score (nSPS) is 12.7. The average molecular weight is 328 g/mol. The van der Waals surface area contributed by atoms with Gasteiger partial charge in [-0.05, 0) is 47.4 Å². The molecule has 0 bridgehead atoms. The first-order chi connectivity index (χ1) is 8.61. The fraction of sp³-hybridized carbons (Fsp3) is 0.286. The van der Waals surface area contributed by atoms with Gasteiger partial charge in [-0.15, -0.1) is 11.3 Å². The Morgan fingerprint density at radius 3 is 2.78 bits per heavy atom. The summed E-state index contributed by atoms with van der Waals surface area (Å²) in [7, 11) is 1.87. The first-order valence-corrected chi connectivity index (χ1v) is 7.44. The highest BCUT2D eigenvalue weighted by atomic mass is 79.9.